The molecule has 1 saturated carbocycles. The van der Waals surface area contributed by atoms with Crippen molar-refractivity contribution in [2.24, 2.45) is 0 Å². The second-order valence-corrected chi connectivity index (χ2v) is 5.38. The van der Waals surface area contributed by atoms with Crippen molar-refractivity contribution in [2.75, 3.05) is 13.7 Å². The predicted molar refractivity (Wildman–Crippen MR) is 75.9 cm³/mol. The molecule has 0 heterocycles. The number of halogens is 1. The zero-order valence-corrected chi connectivity index (χ0v) is 12.2. The molecule has 0 N–H and O–H groups in total. The normalized spacial score (nSPS) is 25.9. The topological polar surface area (TPSA) is 27.7 Å². The molecule has 3 atom stereocenters. The minimum atomic E-state index is 0.00713. The lowest BCUT2D eigenvalue weighted by atomic mass is 9.91. The van der Waals surface area contributed by atoms with Gasteiger partial charge in [-0.15, -0.1) is 11.6 Å². The molecule has 1 aromatic rings. The van der Waals surface area contributed by atoms with Crippen molar-refractivity contribution in [1.82, 2.24) is 0 Å². The fourth-order valence-electron chi connectivity index (χ4n) is 2.16. The third kappa shape index (κ3) is 3.85. The highest BCUT2D eigenvalue weighted by Crippen LogP contribution is 2.33. The molecule has 0 aromatic heterocycles. The van der Waals surface area contributed by atoms with E-state index in [0.717, 1.165) is 30.8 Å². The van der Waals surface area contributed by atoms with Crippen LogP contribution < -0.4 is 4.74 Å². The standard InChI is InChI=1S/C15H21ClO3/c1-3-7-18-15-13(16)9-14(15)19-12-6-4-5-11(8-12)10-17-2/h4-6,8,13-15H,3,7,9-10H2,1-2H3. The van der Waals surface area contributed by atoms with Gasteiger partial charge in [0.05, 0.1) is 12.0 Å². The maximum Gasteiger partial charge on any atom is 0.128 e. The summed E-state index contributed by atoms with van der Waals surface area (Å²) in [5.74, 6) is 0.855. The monoisotopic (exact) mass is 284 g/mol. The summed E-state index contributed by atoms with van der Waals surface area (Å²) in [6.07, 6.45) is 1.90. The molecule has 0 radical (unpaired) electrons. The average molecular weight is 285 g/mol. The van der Waals surface area contributed by atoms with Crippen LogP contribution in [0.2, 0.25) is 0 Å². The van der Waals surface area contributed by atoms with Crippen molar-refractivity contribution in [3.63, 3.8) is 0 Å². The summed E-state index contributed by atoms with van der Waals surface area (Å²) in [7, 11) is 1.69. The van der Waals surface area contributed by atoms with Gasteiger partial charge in [0.1, 0.15) is 18.0 Å². The molecule has 3 unspecified atom stereocenters. The Morgan fingerprint density at radius 3 is 2.89 bits per heavy atom. The quantitative estimate of drug-likeness (QED) is 0.719. The zero-order valence-electron chi connectivity index (χ0n) is 11.5. The van der Waals surface area contributed by atoms with Crippen molar-refractivity contribution in [3.05, 3.63) is 29.8 Å². The molecule has 4 heteroatoms. The second-order valence-electron chi connectivity index (χ2n) is 4.82. The van der Waals surface area contributed by atoms with Crippen molar-refractivity contribution < 1.29 is 14.2 Å². The van der Waals surface area contributed by atoms with Crippen molar-refractivity contribution in [1.29, 1.82) is 0 Å². The highest BCUT2D eigenvalue weighted by atomic mass is 35.5. The van der Waals surface area contributed by atoms with E-state index in [1.165, 1.54) is 0 Å². The largest absolute Gasteiger partial charge is 0.488 e. The Kier molecular flexibility index (Phi) is 5.49. The molecule has 3 nitrogen and oxygen atoms in total. The number of benzene rings is 1. The summed E-state index contributed by atoms with van der Waals surface area (Å²) >= 11 is 6.17. The maximum absolute atomic E-state index is 6.17. The van der Waals surface area contributed by atoms with Crippen LogP contribution in [0.4, 0.5) is 0 Å². The van der Waals surface area contributed by atoms with E-state index in [9.17, 15) is 0 Å². The summed E-state index contributed by atoms with van der Waals surface area (Å²) in [6.45, 7) is 3.42. The molecule has 1 fully saturated rings. The van der Waals surface area contributed by atoms with Gasteiger partial charge in [0.2, 0.25) is 0 Å². The zero-order chi connectivity index (χ0) is 13.7. The third-order valence-electron chi connectivity index (χ3n) is 3.19. The highest BCUT2D eigenvalue weighted by Gasteiger charge is 2.42. The van der Waals surface area contributed by atoms with Crippen LogP contribution in [-0.4, -0.2) is 31.3 Å². The van der Waals surface area contributed by atoms with E-state index in [0.29, 0.717) is 6.61 Å². The Bertz CT molecular complexity index is 397. The lowest BCUT2D eigenvalue weighted by Gasteiger charge is -2.40. The van der Waals surface area contributed by atoms with Gasteiger partial charge in [0.15, 0.2) is 0 Å². The van der Waals surface area contributed by atoms with Crippen LogP contribution in [0.25, 0.3) is 0 Å². The highest BCUT2D eigenvalue weighted by molar-refractivity contribution is 6.21. The van der Waals surface area contributed by atoms with Crippen LogP contribution in [-0.2, 0) is 16.1 Å². The van der Waals surface area contributed by atoms with Crippen molar-refractivity contribution in [2.45, 2.75) is 44.0 Å². The van der Waals surface area contributed by atoms with Gasteiger partial charge in [-0.2, -0.15) is 0 Å². The van der Waals surface area contributed by atoms with E-state index in [2.05, 4.69) is 6.92 Å². The lowest BCUT2D eigenvalue weighted by Crippen LogP contribution is -2.52. The number of ether oxygens (including phenoxy) is 3. The third-order valence-corrected chi connectivity index (χ3v) is 3.62. The molecule has 0 saturated heterocycles. The Morgan fingerprint density at radius 1 is 1.37 bits per heavy atom. The van der Waals surface area contributed by atoms with Crippen LogP contribution in [0.1, 0.15) is 25.3 Å². The molecule has 106 valence electrons. The van der Waals surface area contributed by atoms with Gasteiger partial charge in [-0.1, -0.05) is 19.1 Å². The number of hydrogen-bond acceptors (Lipinski definition) is 3. The van der Waals surface area contributed by atoms with Crippen LogP contribution in [0.3, 0.4) is 0 Å². The first kappa shape index (κ1) is 14.6. The predicted octanol–water partition coefficient (Wildman–Crippen LogP) is 3.39. The molecular formula is C15H21ClO3. The van der Waals surface area contributed by atoms with E-state index in [1.807, 2.05) is 24.3 Å². The first-order valence-corrected chi connectivity index (χ1v) is 7.18. The number of rotatable bonds is 7. The molecule has 0 amide bonds. The molecule has 1 aromatic carbocycles. The summed E-state index contributed by atoms with van der Waals surface area (Å²) in [5, 5.41) is 0.0682. The van der Waals surface area contributed by atoms with Crippen LogP contribution in [0.5, 0.6) is 5.75 Å². The van der Waals surface area contributed by atoms with E-state index in [-0.39, 0.29) is 17.6 Å². The molecule has 19 heavy (non-hydrogen) atoms. The van der Waals surface area contributed by atoms with E-state index < -0.39 is 0 Å². The minimum absolute atomic E-state index is 0.00713. The Morgan fingerprint density at radius 2 is 2.21 bits per heavy atom. The number of hydrogen-bond donors (Lipinski definition) is 0. The number of alkyl halides is 1. The maximum atomic E-state index is 6.17. The van der Waals surface area contributed by atoms with Crippen LogP contribution in [0, 0.1) is 0 Å². The SMILES string of the molecule is CCCOC1C(Cl)CC1Oc1cccc(COC)c1. The van der Waals surface area contributed by atoms with Gasteiger partial charge in [0, 0.05) is 20.1 Å². The fourth-order valence-corrected chi connectivity index (χ4v) is 2.57. The molecule has 0 aliphatic heterocycles. The lowest BCUT2D eigenvalue weighted by molar-refractivity contribution is -0.0798. The van der Waals surface area contributed by atoms with E-state index >= 15 is 0 Å². The van der Waals surface area contributed by atoms with Crippen molar-refractivity contribution in [3.8, 4) is 5.75 Å². The second kappa shape index (κ2) is 7.13. The molecule has 0 spiro atoms. The first-order chi connectivity index (χ1) is 9.24. The molecule has 1 aliphatic rings. The summed E-state index contributed by atoms with van der Waals surface area (Å²) in [6, 6.07) is 7.95. The van der Waals surface area contributed by atoms with Crippen LogP contribution >= 0.6 is 11.6 Å². The molecular weight excluding hydrogens is 264 g/mol. The molecule has 0 bridgehead atoms. The van der Waals surface area contributed by atoms with E-state index in [4.69, 9.17) is 25.8 Å². The summed E-state index contributed by atoms with van der Waals surface area (Å²) < 4.78 is 16.8. The minimum Gasteiger partial charge on any atom is -0.488 e. The smallest absolute Gasteiger partial charge is 0.128 e. The van der Waals surface area contributed by atoms with E-state index in [1.54, 1.807) is 7.11 Å². The molecule has 1 aliphatic carbocycles. The van der Waals surface area contributed by atoms with Gasteiger partial charge in [-0.05, 0) is 24.1 Å². The summed E-state index contributed by atoms with van der Waals surface area (Å²) in [5.41, 5.74) is 1.10. The Labute approximate surface area is 119 Å². The van der Waals surface area contributed by atoms with Crippen molar-refractivity contribution >= 4 is 11.6 Å². The summed E-state index contributed by atoms with van der Waals surface area (Å²) in [4.78, 5) is 0. The number of methoxy groups -OCH3 is 1. The average Bonchev–Trinajstić information content (AvgIpc) is 2.39. The van der Waals surface area contributed by atoms with Crippen LogP contribution in [0.15, 0.2) is 24.3 Å². The Balaban J connectivity index is 1.91. The van der Waals surface area contributed by atoms with Gasteiger partial charge < -0.3 is 14.2 Å². The Hall–Kier alpha value is -0.770. The van der Waals surface area contributed by atoms with Gasteiger partial charge in [-0.25, -0.2) is 0 Å². The van der Waals surface area contributed by atoms with Gasteiger partial charge in [0.25, 0.3) is 0 Å². The van der Waals surface area contributed by atoms with Gasteiger partial charge >= 0.3 is 0 Å². The fraction of sp³-hybridized carbons (Fsp3) is 0.600. The first-order valence-electron chi connectivity index (χ1n) is 6.74. The van der Waals surface area contributed by atoms with Gasteiger partial charge in [-0.3, -0.25) is 0 Å². The molecule has 2 rings (SSSR count).